The molecule has 0 saturated heterocycles. The zero-order chi connectivity index (χ0) is 7.59. The van der Waals surface area contributed by atoms with Crippen LogP contribution < -0.4 is 0 Å². The minimum Gasteiger partial charge on any atom is -0.0992 e. The highest BCUT2D eigenvalue weighted by molar-refractivity contribution is 5.45. The van der Waals surface area contributed by atoms with Gasteiger partial charge >= 0.3 is 0 Å². The fraction of sp³-hybridized carbons (Fsp3) is 0.636. The molecule has 1 fully saturated rings. The second-order valence-corrected chi connectivity index (χ2v) is 4.43. The molecule has 1 saturated carbocycles. The highest BCUT2D eigenvalue weighted by Crippen LogP contribution is 2.60. The Labute approximate surface area is 68.0 Å². The summed E-state index contributed by atoms with van der Waals surface area (Å²) in [7, 11) is 0. The monoisotopic (exact) mass is 146 g/mol. The first kappa shape index (κ1) is 6.05. The predicted octanol–water partition coefficient (Wildman–Crippen LogP) is 2.92. The Morgan fingerprint density at radius 1 is 1.36 bits per heavy atom. The van der Waals surface area contributed by atoms with Crippen molar-refractivity contribution in [2.75, 3.05) is 0 Å². The molecule has 0 aliphatic heterocycles. The number of hydrogen-bond acceptors (Lipinski definition) is 0. The van der Waals surface area contributed by atoms with Gasteiger partial charge in [0.05, 0.1) is 0 Å². The molecule has 3 aliphatic rings. The summed E-state index contributed by atoms with van der Waals surface area (Å²) in [6.07, 6.45) is 4.15. The number of fused-ring (bicyclic) bond motifs is 4. The number of allylic oxidation sites excluding steroid dienone is 3. The van der Waals surface area contributed by atoms with Crippen molar-refractivity contribution in [2.45, 2.75) is 26.2 Å². The third kappa shape index (κ3) is 0.535. The maximum Gasteiger partial charge on any atom is 0.00158 e. The van der Waals surface area contributed by atoms with E-state index in [9.17, 15) is 0 Å². The zero-order valence-electron chi connectivity index (χ0n) is 7.06. The van der Waals surface area contributed by atoms with E-state index in [1.807, 2.05) is 5.57 Å². The molecule has 0 radical (unpaired) electrons. The van der Waals surface area contributed by atoms with Crippen LogP contribution in [0.15, 0.2) is 23.3 Å². The van der Waals surface area contributed by atoms with Crippen molar-refractivity contribution in [3.05, 3.63) is 23.3 Å². The SMILES string of the molecule is C=C1CC2CC1C1=C2CC1C. The standard InChI is InChI=1S/C11H14/c1-6-3-8-5-9(6)11-7(2)4-10(8)11/h7-9H,1,3-5H2,2H3. The van der Waals surface area contributed by atoms with Crippen molar-refractivity contribution in [3.63, 3.8) is 0 Å². The Hall–Kier alpha value is -0.520. The van der Waals surface area contributed by atoms with Crippen LogP contribution in [0.4, 0.5) is 0 Å². The molecule has 0 amide bonds. The molecule has 11 heavy (non-hydrogen) atoms. The maximum absolute atomic E-state index is 4.16. The van der Waals surface area contributed by atoms with Gasteiger partial charge in [-0.1, -0.05) is 30.2 Å². The molecule has 3 unspecified atom stereocenters. The molecule has 3 atom stereocenters. The van der Waals surface area contributed by atoms with E-state index in [1.165, 1.54) is 24.8 Å². The van der Waals surface area contributed by atoms with E-state index in [4.69, 9.17) is 0 Å². The third-order valence-electron chi connectivity index (χ3n) is 3.82. The van der Waals surface area contributed by atoms with Gasteiger partial charge in [-0.3, -0.25) is 0 Å². The molecule has 0 aromatic heterocycles. The molecule has 0 aromatic rings. The minimum absolute atomic E-state index is 0.832. The zero-order valence-corrected chi connectivity index (χ0v) is 7.06. The third-order valence-corrected chi connectivity index (χ3v) is 3.82. The van der Waals surface area contributed by atoms with E-state index in [-0.39, 0.29) is 0 Å². The van der Waals surface area contributed by atoms with Crippen LogP contribution in [0.2, 0.25) is 0 Å². The van der Waals surface area contributed by atoms with Crippen molar-refractivity contribution in [1.82, 2.24) is 0 Å². The average Bonchev–Trinajstić information content (AvgIpc) is 2.39. The van der Waals surface area contributed by atoms with Crippen molar-refractivity contribution >= 4 is 0 Å². The van der Waals surface area contributed by atoms with Crippen molar-refractivity contribution in [2.24, 2.45) is 17.8 Å². The molecule has 0 heteroatoms. The number of rotatable bonds is 0. The molecular formula is C11H14. The van der Waals surface area contributed by atoms with Crippen molar-refractivity contribution in [1.29, 1.82) is 0 Å². The fourth-order valence-corrected chi connectivity index (χ4v) is 3.32. The van der Waals surface area contributed by atoms with Crippen LogP contribution >= 0.6 is 0 Å². The lowest BCUT2D eigenvalue weighted by Gasteiger charge is -2.35. The topological polar surface area (TPSA) is 0 Å². The number of hydrogen-bond donors (Lipinski definition) is 0. The Balaban J connectivity index is 2.09. The Morgan fingerprint density at radius 3 is 2.82 bits per heavy atom. The quantitative estimate of drug-likeness (QED) is 0.461. The van der Waals surface area contributed by atoms with Gasteiger partial charge in [0.25, 0.3) is 0 Å². The smallest absolute Gasteiger partial charge is 0.00158 e. The van der Waals surface area contributed by atoms with Crippen molar-refractivity contribution in [3.8, 4) is 0 Å². The Kier molecular flexibility index (Phi) is 0.894. The molecular weight excluding hydrogens is 132 g/mol. The molecule has 3 rings (SSSR count). The molecule has 3 aliphatic carbocycles. The van der Waals surface area contributed by atoms with E-state index < -0.39 is 0 Å². The second-order valence-electron chi connectivity index (χ2n) is 4.43. The predicted molar refractivity (Wildman–Crippen MR) is 46.2 cm³/mol. The lowest BCUT2D eigenvalue weighted by molar-refractivity contribution is 0.504. The van der Waals surface area contributed by atoms with Crippen LogP contribution in [-0.2, 0) is 0 Å². The summed E-state index contributed by atoms with van der Waals surface area (Å²) < 4.78 is 0. The molecule has 0 N–H and O–H groups in total. The van der Waals surface area contributed by atoms with E-state index in [1.54, 1.807) is 5.57 Å². The first-order chi connectivity index (χ1) is 5.27. The Morgan fingerprint density at radius 2 is 2.18 bits per heavy atom. The molecule has 0 spiro atoms. The normalized spacial score (nSPS) is 46.3. The largest absolute Gasteiger partial charge is 0.0992 e. The molecule has 0 aromatic carbocycles. The van der Waals surface area contributed by atoms with Crippen molar-refractivity contribution < 1.29 is 0 Å². The minimum atomic E-state index is 0.832. The van der Waals surface area contributed by atoms with E-state index in [2.05, 4.69) is 13.5 Å². The van der Waals surface area contributed by atoms with Gasteiger partial charge < -0.3 is 0 Å². The summed E-state index contributed by atoms with van der Waals surface area (Å²) in [6, 6.07) is 0. The van der Waals surface area contributed by atoms with Crippen LogP contribution in [0.5, 0.6) is 0 Å². The van der Waals surface area contributed by atoms with Gasteiger partial charge in [0.15, 0.2) is 0 Å². The highest BCUT2D eigenvalue weighted by atomic mass is 14.5. The summed E-state index contributed by atoms with van der Waals surface area (Å²) in [6.45, 7) is 6.52. The van der Waals surface area contributed by atoms with Gasteiger partial charge in [-0.05, 0) is 31.1 Å². The lowest BCUT2D eigenvalue weighted by Crippen LogP contribution is -2.21. The first-order valence-corrected chi connectivity index (χ1v) is 4.68. The summed E-state index contributed by atoms with van der Waals surface area (Å²) in [5, 5.41) is 0. The van der Waals surface area contributed by atoms with Crippen LogP contribution in [0, 0.1) is 17.8 Å². The van der Waals surface area contributed by atoms with Gasteiger partial charge in [-0.2, -0.15) is 0 Å². The highest BCUT2D eigenvalue weighted by Gasteiger charge is 2.47. The van der Waals surface area contributed by atoms with E-state index >= 15 is 0 Å². The van der Waals surface area contributed by atoms with Crippen LogP contribution in [-0.4, -0.2) is 0 Å². The van der Waals surface area contributed by atoms with E-state index in [0.717, 1.165) is 17.8 Å². The maximum atomic E-state index is 4.16. The van der Waals surface area contributed by atoms with Gasteiger partial charge in [-0.25, -0.2) is 0 Å². The summed E-state index contributed by atoms with van der Waals surface area (Å²) in [5.41, 5.74) is 5.15. The van der Waals surface area contributed by atoms with Crippen LogP contribution in [0.1, 0.15) is 26.2 Å². The van der Waals surface area contributed by atoms with Crippen LogP contribution in [0.3, 0.4) is 0 Å². The second kappa shape index (κ2) is 1.63. The summed E-state index contributed by atoms with van der Waals surface area (Å²) in [4.78, 5) is 0. The summed E-state index contributed by atoms with van der Waals surface area (Å²) in [5.74, 6) is 2.68. The lowest BCUT2D eigenvalue weighted by atomic mass is 9.70. The van der Waals surface area contributed by atoms with Gasteiger partial charge in [0.1, 0.15) is 0 Å². The molecule has 0 nitrogen and oxygen atoms in total. The van der Waals surface area contributed by atoms with Gasteiger partial charge in [0, 0.05) is 5.92 Å². The first-order valence-electron chi connectivity index (χ1n) is 4.68. The van der Waals surface area contributed by atoms with E-state index in [0.29, 0.717) is 0 Å². The van der Waals surface area contributed by atoms with Gasteiger partial charge in [-0.15, -0.1) is 0 Å². The molecule has 2 bridgehead atoms. The average molecular weight is 146 g/mol. The Bertz CT molecular complexity index is 270. The fourth-order valence-electron chi connectivity index (χ4n) is 3.32. The van der Waals surface area contributed by atoms with Gasteiger partial charge in [0.2, 0.25) is 0 Å². The molecule has 58 valence electrons. The van der Waals surface area contributed by atoms with Crippen LogP contribution in [0.25, 0.3) is 0 Å². The summed E-state index contributed by atoms with van der Waals surface area (Å²) >= 11 is 0. The molecule has 0 heterocycles.